The standard InChI is InChI=1S/C16H16F2I/c1-11-3-6-15(17)14(7-11)10-19-9-13-5-4-12(2)16(18)8-13/h3-8H,9-10H2,1-2H3/q-1. The molecule has 2 aromatic carbocycles. The molecule has 0 aliphatic rings. The molecule has 0 unspecified atom stereocenters. The SMILES string of the molecule is Cc1ccc(F)c(C[I-]Cc2ccc(C)c(F)c2)c1. The van der Waals surface area contributed by atoms with Crippen LogP contribution in [0.1, 0.15) is 22.3 Å². The predicted octanol–water partition coefficient (Wildman–Crippen LogP) is 1.37. The summed E-state index contributed by atoms with van der Waals surface area (Å²) >= 11 is -0.191. The van der Waals surface area contributed by atoms with Gasteiger partial charge in [-0.05, 0) is 0 Å². The summed E-state index contributed by atoms with van der Waals surface area (Å²) in [6, 6.07) is 10.6. The summed E-state index contributed by atoms with van der Waals surface area (Å²) in [5.41, 5.74) is 3.57. The molecule has 0 saturated heterocycles. The Kier molecular flexibility index (Phi) is 4.91. The molecule has 0 heterocycles. The van der Waals surface area contributed by atoms with E-state index in [-0.39, 0.29) is 32.8 Å². The minimum absolute atomic E-state index is 0.125. The van der Waals surface area contributed by atoms with Gasteiger partial charge in [-0.15, -0.1) is 0 Å². The quantitative estimate of drug-likeness (QED) is 0.561. The molecule has 0 aliphatic carbocycles. The first kappa shape index (κ1) is 14.4. The second-order valence-electron chi connectivity index (χ2n) is 4.63. The maximum atomic E-state index is 13.6. The van der Waals surface area contributed by atoms with Crippen LogP contribution < -0.4 is 21.2 Å². The van der Waals surface area contributed by atoms with Gasteiger partial charge in [-0.2, -0.15) is 0 Å². The molecular weight excluding hydrogens is 357 g/mol. The topological polar surface area (TPSA) is 0 Å². The Bertz CT molecular complexity index is 579. The molecular formula is C16H16F2I-. The zero-order chi connectivity index (χ0) is 13.8. The third kappa shape index (κ3) is 4.00. The van der Waals surface area contributed by atoms with Crippen LogP contribution in [0.3, 0.4) is 0 Å². The summed E-state index contributed by atoms with van der Waals surface area (Å²) in [6.45, 7) is 3.73. The first-order valence-electron chi connectivity index (χ1n) is 6.10. The average Bonchev–Trinajstić information content (AvgIpc) is 2.38. The Labute approximate surface area is 123 Å². The van der Waals surface area contributed by atoms with Crippen LogP contribution in [0.15, 0.2) is 36.4 Å². The molecule has 102 valence electrons. The van der Waals surface area contributed by atoms with E-state index >= 15 is 0 Å². The van der Waals surface area contributed by atoms with E-state index in [1.165, 1.54) is 6.07 Å². The molecule has 19 heavy (non-hydrogen) atoms. The monoisotopic (exact) mass is 373 g/mol. The third-order valence-electron chi connectivity index (χ3n) is 2.92. The van der Waals surface area contributed by atoms with Gasteiger partial charge in [0.05, 0.1) is 0 Å². The number of benzene rings is 2. The Balaban J connectivity index is 1.96. The number of halogens is 3. The van der Waals surface area contributed by atoms with Crippen molar-refractivity contribution in [3.8, 4) is 0 Å². The Morgan fingerprint density at radius 2 is 1.68 bits per heavy atom. The van der Waals surface area contributed by atoms with Crippen molar-refractivity contribution in [2.75, 3.05) is 0 Å². The van der Waals surface area contributed by atoms with Crippen molar-refractivity contribution in [1.82, 2.24) is 0 Å². The number of hydrogen-bond acceptors (Lipinski definition) is 0. The minimum atomic E-state index is -0.191. The molecule has 0 aliphatic heterocycles. The van der Waals surface area contributed by atoms with E-state index in [0.717, 1.165) is 25.5 Å². The van der Waals surface area contributed by atoms with E-state index < -0.39 is 0 Å². The van der Waals surface area contributed by atoms with Crippen molar-refractivity contribution in [2.24, 2.45) is 0 Å². The van der Waals surface area contributed by atoms with Gasteiger partial charge in [0.25, 0.3) is 0 Å². The summed E-state index contributed by atoms with van der Waals surface area (Å²) in [7, 11) is 0. The van der Waals surface area contributed by atoms with E-state index in [1.807, 2.05) is 25.1 Å². The van der Waals surface area contributed by atoms with Crippen LogP contribution in [0.5, 0.6) is 0 Å². The zero-order valence-electron chi connectivity index (χ0n) is 11.0. The van der Waals surface area contributed by atoms with E-state index in [0.29, 0.717) is 5.56 Å². The van der Waals surface area contributed by atoms with Crippen LogP contribution in [0, 0.1) is 25.5 Å². The van der Waals surface area contributed by atoms with Crippen molar-refractivity contribution in [3.63, 3.8) is 0 Å². The fourth-order valence-corrected chi connectivity index (χ4v) is 4.32. The van der Waals surface area contributed by atoms with Gasteiger partial charge in [0.2, 0.25) is 0 Å². The Morgan fingerprint density at radius 3 is 2.42 bits per heavy atom. The van der Waals surface area contributed by atoms with E-state index in [2.05, 4.69) is 0 Å². The van der Waals surface area contributed by atoms with Gasteiger partial charge >= 0.3 is 123 Å². The third-order valence-corrected chi connectivity index (χ3v) is 5.71. The fraction of sp³-hybridized carbons (Fsp3) is 0.250. The molecule has 0 N–H and O–H groups in total. The second kappa shape index (κ2) is 6.46. The molecule has 2 rings (SSSR count). The van der Waals surface area contributed by atoms with E-state index in [1.54, 1.807) is 19.1 Å². The van der Waals surface area contributed by atoms with Crippen molar-refractivity contribution in [2.45, 2.75) is 22.7 Å². The Morgan fingerprint density at radius 1 is 0.895 bits per heavy atom. The summed E-state index contributed by atoms with van der Waals surface area (Å²) in [5.74, 6) is -0.274. The van der Waals surface area contributed by atoms with Gasteiger partial charge in [-0.1, -0.05) is 0 Å². The number of hydrogen-bond donors (Lipinski definition) is 0. The van der Waals surface area contributed by atoms with Crippen LogP contribution >= 0.6 is 0 Å². The molecule has 0 radical (unpaired) electrons. The molecule has 0 nitrogen and oxygen atoms in total. The maximum absolute atomic E-state index is 13.6. The molecule has 2 aromatic rings. The van der Waals surface area contributed by atoms with Gasteiger partial charge in [0, 0.05) is 0 Å². The fourth-order valence-electron chi connectivity index (χ4n) is 1.78. The van der Waals surface area contributed by atoms with Crippen molar-refractivity contribution >= 4 is 0 Å². The molecule has 0 atom stereocenters. The number of alkyl halides is 2. The number of aryl methyl sites for hydroxylation is 2. The van der Waals surface area contributed by atoms with Crippen LogP contribution in [0.2, 0.25) is 0 Å². The van der Waals surface area contributed by atoms with Crippen molar-refractivity contribution < 1.29 is 30.0 Å². The first-order chi connectivity index (χ1) is 9.06. The molecule has 0 fully saturated rings. The number of rotatable bonds is 4. The van der Waals surface area contributed by atoms with Crippen molar-refractivity contribution in [1.29, 1.82) is 0 Å². The summed E-state index contributed by atoms with van der Waals surface area (Å²) in [4.78, 5) is 0. The van der Waals surface area contributed by atoms with E-state index in [4.69, 9.17) is 0 Å². The second-order valence-corrected chi connectivity index (χ2v) is 7.24. The van der Waals surface area contributed by atoms with Crippen LogP contribution in [0.4, 0.5) is 8.78 Å². The molecule has 3 heteroatoms. The van der Waals surface area contributed by atoms with Crippen LogP contribution in [-0.2, 0) is 8.86 Å². The van der Waals surface area contributed by atoms with Gasteiger partial charge in [-0.25, -0.2) is 0 Å². The van der Waals surface area contributed by atoms with Gasteiger partial charge in [-0.3, -0.25) is 0 Å². The molecule has 0 amide bonds. The van der Waals surface area contributed by atoms with Gasteiger partial charge in [0.15, 0.2) is 0 Å². The Hall–Kier alpha value is -0.970. The summed E-state index contributed by atoms with van der Waals surface area (Å²) in [6.07, 6.45) is 0. The summed E-state index contributed by atoms with van der Waals surface area (Å²) < 4.78 is 28.6. The van der Waals surface area contributed by atoms with Crippen molar-refractivity contribution in [3.05, 3.63) is 70.3 Å². The average molecular weight is 373 g/mol. The van der Waals surface area contributed by atoms with E-state index in [9.17, 15) is 8.78 Å². The summed E-state index contributed by atoms with van der Waals surface area (Å²) in [5, 5.41) is 0. The molecule has 0 aromatic heterocycles. The molecule has 0 saturated carbocycles. The predicted molar refractivity (Wildman–Crippen MR) is 69.7 cm³/mol. The first-order valence-corrected chi connectivity index (χ1v) is 9.15. The molecule has 0 bridgehead atoms. The van der Waals surface area contributed by atoms with Crippen LogP contribution in [0.25, 0.3) is 0 Å². The van der Waals surface area contributed by atoms with Gasteiger partial charge in [0.1, 0.15) is 0 Å². The zero-order valence-corrected chi connectivity index (χ0v) is 13.2. The molecule has 0 spiro atoms. The normalized spacial score (nSPS) is 10.9. The van der Waals surface area contributed by atoms with Gasteiger partial charge < -0.3 is 0 Å². The van der Waals surface area contributed by atoms with Crippen LogP contribution in [-0.4, -0.2) is 0 Å².